The molecular formula is C23H28N4O3S. The Hall–Kier alpha value is -2.48. The number of azo groups is 1. The van der Waals surface area contributed by atoms with Crippen LogP contribution in [0, 0.1) is 0 Å². The third-order valence-electron chi connectivity index (χ3n) is 7.39. The van der Waals surface area contributed by atoms with Crippen LogP contribution in [-0.2, 0) is 20.0 Å². The minimum Gasteiger partial charge on any atom is -0.362 e. The molecule has 1 N–H and O–H groups in total. The topological polar surface area (TPSA) is 91.2 Å². The molecule has 0 saturated heterocycles. The average molecular weight is 441 g/mol. The number of benzene rings is 1. The van der Waals surface area contributed by atoms with Crippen LogP contribution in [-0.4, -0.2) is 43.2 Å². The van der Waals surface area contributed by atoms with E-state index in [1.54, 1.807) is 29.3 Å². The zero-order valence-corrected chi connectivity index (χ0v) is 19.2. The van der Waals surface area contributed by atoms with Crippen LogP contribution in [0.2, 0.25) is 0 Å². The summed E-state index contributed by atoms with van der Waals surface area (Å²) in [6, 6.07) is 7.18. The minimum atomic E-state index is -3.35. The highest BCUT2D eigenvalue weighted by atomic mass is 32.2. The van der Waals surface area contributed by atoms with E-state index in [-0.39, 0.29) is 22.9 Å². The molecule has 0 bridgehead atoms. The summed E-state index contributed by atoms with van der Waals surface area (Å²) in [5, 5.41) is 11.7. The van der Waals surface area contributed by atoms with E-state index in [4.69, 9.17) is 0 Å². The molecule has 3 aliphatic heterocycles. The lowest BCUT2D eigenvalue weighted by Crippen LogP contribution is -2.58. The van der Waals surface area contributed by atoms with Crippen LogP contribution in [0.15, 0.2) is 62.4 Å². The monoisotopic (exact) mass is 440 g/mol. The van der Waals surface area contributed by atoms with Gasteiger partial charge in [-0.2, -0.15) is 10.2 Å². The molecule has 164 valence electrons. The number of nitrogens with zero attached hydrogens (tertiary/aromatic N) is 3. The molecule has 31 heavy (non-hydrogen) atoms. The molecule has 1 amide bonds. The molecule has 8 heteroatoms. The maximum atomic E-state index is 13.7. The van der Waals surface area contributed by atoms with Crippen LogP contribution < -0.4 is 5.32 Å². The number of rotatable bonds is 4. The second-order valence-electron chi connectivity index (χ2n) is 9.60. The SMILES string of the molecule is CC[C@@]1(c2cccc(S(=O)(=O)C3CC3)c2)C2=CN=NC2NC2=C1C(=O)N(C)C(C)(C)C2. The Morgan fingerprint density at radius 1 is 1.26 bits per heavy atom. The molecule has 0 aromatic heterocycles. The summed E-state index contributed by atoms with van der Waals surface area (Å²) in [6.07, 6.45) is 4.11. The van der Waals surface area contributed by atoms with Gasteiger partial charge in [0.1, 0.15) is 0 Å². The predicted molar refractivity (Wildman–Crippen MR) is 117 cm³/mol. The van der Waals surface area contributed by atoms with Crippen molar-refractivity contribution in [2.24, 2.45) is 10.2 Å². The van der Waals surface area contributed by atoms with Crippen molar-refractivity contribution in [2.75, 3.05) is 7.05 Å². The van der Waals surface area contributed by atoms with Gasteiger partial charge in [0, 0.05) is 30.3 Å². The van der Waals surface area contributed by atoms with Gasteiger partial charge in [-0.3, -0.25) is 4.79 Å². The van der Waals surface area contributed by atoms with Crippen molar-refractivity contribution in [1.29, 1.82) is 0 Å². The van der Waals surface area contributed by atoms with Gasteiger partial charge in [0.2, 0.25) is 0 Å². The summed E-state index contributed by atoms with van der Waals surface area (Å²) in [4.78, 5) is 15.9. The third-order valence-corrected chi connectivity index (χ3v) is 9.65. The maximum Gasteiger partial charge on any atom is 0.252 e. The Balaban J connectivity index is 1.75. The highest BCUT2D eigenvalue weighted by Gasteiger charge is 2.54. The number of likely N-dealkylation sites (N-methyl/N-ethyl adjacent to an activating group) is 1. The number of sulfone groups is 1. The van der Waals surface area contributed by atoms with Gasteiger partial charge < -0.3 is 10.2 Å². The van der Waals surface area contributed by atoms with Crippen LogP contribution in [0.1, 0.15) is 52.0 Å². The van der Waals surface area contributed by atoms with Gasteiger partial charge in [0.15, 0.2) is 16.0 Å². The van der Waals surface area contributed by atoms with Gasteiger partial charge in [-0.05, 0) is 50.8 Å². The van der Waals surface area contributed by atoms with E-state index in [2.05, 4.69) is 15.5 Å². The number of hydrogen-bond acceptors (Lipinski definition) is 6. The van der Waals surface area contributed by atoms with E-state index in [1.165, 1.54) is 0 Å². The fourth-order valence-electron chi connectivity index (χ4n) is 5.23. The van der Waals surface area contributed by atoms with Crippen molar-refractivity contribution in [3.05, 3.63) is 52.9 Å². The van der Waals surface area contributed by atoms with E-state index in [0.29, 0.717) is 36.2 Å². The molecule has 0 spiro atoms. The van der Waals surface area contributed by atoms with Crippen LogP contribution >= 0.6 is 0 Å². The van der Waals surface area contributed by atoms with Crippen LogP contribution in [0.3, 0.4) is 0 Å². The highest BCUT2D eigenvalue weighted by molar-refractivity contribution is 7.92. The molecule has 4 aliphatic rings. The van der Waals surface area contributed by atoms with Crippen LogP contribution in [0.4, 0.5) is 0 Å². The number of nitrogens with one attached hydrogen (secondary N) is 1. The normalized spacial score (nSPS) is 29.4. The van der Waals surface area contributed by atoms with Gasteiger partial charge in [-0.25, -0.2) is 8.42 Å². The van der Waals surface area contributed by atoms with Crippen molar-refractivity contribution in [1.82, 2.24) is 10.2 Å². The Morgan fingerprint density at radius 2 is 2.00 bits per heavy atom. The van der Waals surface area contributed by atoms with E-state index >= 15 is 0 Å². The second-order valence-corrected chi connectivity index (χ2v) is 11.8. The molecular weight excluding hydrogens is 412 g/mol. The Bertz CT molecular complexity index is 1180. The van der Waals surface area contributed by atoms with Crippen molar-refractivity contribution in [2.45, 2.75) is 73.7 Å². The fraction of sp³-hybridized carbons (Fsp3) is 0.522. The first-order chi connectivity index (χ1) is 14.6. The Labute approximate surface area is 183 Å². The smallest absolute Gasteiger partial charge is 0.252 e. The molecule has 0 radical (unpaired) electrons. The molecule has 1 fully saturated rings. The summed E-state index contributed by atoms with van der Waals surface area (Å²) in [6.45, 7) is 6.14. The van der Waals surface area contributed by atoms with Crippen molar-refractivity contribution < 1.29 is 13.2 Å². The lowest BCUT2D eigenvalue weighted by Gasteiger charge is -2.51. The van der Waals surface area contributed by atoms with Crippen molar-refractivity contribution in [3.8, 4) is 0 Å². The van der Waals surface area contributed by atoms with Gasteiger partial charge in [-0.15, -0.1) is 0 Å². The quantitative estimate of drug-likeness (QED) is 0.776. The fourth-order valence-corrected chi connectivity index (χ4v) is 6.94. The standard InChI is InChI=1S/C23H28N4O3S/c1-5-23(14-7-6-8-16(11-14)31(29,30)15-9-10-15)17-13-24-26-20(17)25-18-12-22(2,3)27(4)21(28)19(18)23/h6-8,11,13,15,20,25H,5,9-10,12H2,1-4H3/t20?,23-/m1/s1. The lowest BCUT2D eigenvalue weighted by atomic mass is 9.62. The van der Waals surface area contributed by atoms with Gasteiger partial charge >= 0.3 is 0 Å². The molecule has 5 rings (SSSR count). The molecule has 1 aromatic rings. The summed E-state index contributed by atoms with van der Waals surface area (Å²) in [5.41, 5.74) is 2.18. The molecule has 1 aromatic carbocycles. The zero-order chi connectivity index (χ0) is 22.2. The third kappa shape index (κ3) is 2.76. The summed E-state index contributed by atoms with van der Waals surface area (Å²) >= 11 is 0. The second kappa shape index (κ2) is 6.51. The largest absolute Gasteiger partial charge is 0.362 e. The first-order valence-corrected chi connectivity index (χ1v) is 12.4. The first-order valence-electron chi connectivity index (χ1n) is 10.9. The first kappa shape index (κ1) is 20.4. The molecule has 2 atom stereocenters. The van der Waals surface area contributed by atoms with E-state index < -0.39 is 15.3 Å². The minimum absolute atomic E-state index is 0.0395. The molecule has 3 heterocycles. The number of carbonyl (C=O) groups excluding carboxylic acids is 1. The Morgan fingerprint density at radius 3 is 2.68 bits per heavy atom. The van der Waals surface area contributed by atoms with Gasteiger partial charge in [0.05, 0.1) is 27.3 Å². The molecule has 1 unspecified atom stereocenters. The Kier molecular flexibility index (Phi) is 4.29. The van der Waals surface area contributed by atoms with Gasteiger partial charge in [0.25, 0.3) is 5.91 Å². The predicted octanol–water partition coefficient (Wildman–Crippen LogP) is 3.44. The summed E-state index contributed by atoms with van der Waals surface area (Å²) in [5.74, 6) is -0.0395. The van der Waals surface area contributed by atoms with E-state index in [1.807, 2.05) is 33.9 Å². The number of carbonyl (C=O) groups is 1. The highest BCUT2D eigenvalue weighted by Crippen LogP contribution is 2.52. The number of hydrogen-bond donors (Lipinski definition) is 1. The average Bonchev–Trinajstić information content (AvgIpc) is 3.50. The number of amides is 1. The summed E-state index contributed by atoms with van der Waals surface area (Å²) < 4.78 is 26.0. The van der Waals surface area contributed by atoms with E-state index in [9.17, 15) is 13.2 Å². The van der Waals surface area contributed by atoms with Crippen molar-refractivity contribution in [3.63, 3.8) is 0 Å². The van der Waals surface area contributed by atoms with Crippen molar-refractivity contribution >= 4 is 15.7 Å². The summed E-state index contributed by atoms with van der Waals surface area (Å²) in [7, 11) is -1.51. The zero-order valence-electron chi connectivity index (χ0n) is 18.3. The van der Waals surface area contributed by atoms with Crippen LogP contribution in [0.25, 0.3) is 0 Å². The molecule has 1 aliphatic carbocycles. The van der Waals surface area contributed by atoms with E-state index in [0.717, 1.165) is 16.8 Å². The van der Waals surface area contributed by atoms with Crippen LogP contribution in [0.5, 0.6) is 0 Å². The van der Waals surface area contributed by atoms with Gasteiger partial charge in [-0.1, -0.05) is 19.1 Å². The molecule has 7 nitrogen and oxygen atoms in total. The molecule has 1 saturated carbocycles. The lowest BCUT2D eigenvalue weighted by molar-refractivity contribution is -0.132. The maximum absolute atomic E-state index is 13.7. The number of fused-ring (bicyclic) bond motifs is 1.